The zero-order valence-electron chi connectivity index (χ0n) is 11.2. The molecular weight excluding hydrogens is 277 g/mol. The SMILES string of the molecule is Cc1ccc(C=Nc2ccc(S(C)(=O)=O)cc2)cc1F. The van der Waals surface area contributed by atoms with Crippen molar-refractivity contribution in [3.05, 3.63) is 59.4 Å². The van der Waals surface area contributed by atoms with E-state index in [4.69, 9.17) is 0 Å². The van der Waals surface area contributed by atoms with Gasteiger partial charge < -0.3 is 0 Å². The van der Waals surface area contributed by atoms with Gasteiger partial charge in [0.05, 0.1) is 10.6 Å². The van der Waals surface area contributed by atoms with E-state index < -0.39 is 9.84 Å². The Morgan fingerprint density at radius 1 is 1.10 bits per heavy atom. The van der Waals surface area contributed by atoms with Gasteiger partial charge in [0.1, 0.15) is 5.82 Å². The van der Waals surface area contributed by atoms with E-state index in [2.05, 4.69) is 4.99 Å². The Labute approximate surface area is 117 Å². The van der Waals surface area contributed by atoms with E-state index in [9.17, 15) is 12.8 Å². The van der Waals surface area contributed by atoms with Gasteiger partial charge in [-0.05, 0) is 48.4 Å². The molecule has 104 valence electrons. The molecular formula is C15H14FNO2S. The van der Waals surface area contributed by atoms with Crippen molar-refractivity contribution in [2.24, 2.45) is 4.99 Å². The van der Waals surface area contributed by atoms with Gasteiger partial charge in [0.15, 0.2) is 9.84 Å². The maximum absolute atomic E-state index is 13.4. The number of halogens is 1. The molecule has 0 saturated carbocycles. The van der Waals surface area contributed by atoms with Crippen molar-refractivity contribution in [2.75, 3.05) is 6.26 Å². The van der Waals surface area contributed by atoms with Gasteiger partial charge in [-0.1, -0.05) is 12.1 Å². The number of benzene rings is 2. The van der Waals surface area contributed by atoms with Crippen LogP contribution >= 0.6 is 0 Å². The number of hydrogen-bond donors (Lipinski definition) is 0. The molecule has 5 heteroatoms. The van der Waals surface area contributed by atoms with Gasteiger partial charge in [-0.15, -0.1) is 0 Å². The monoisotopic (exact) mass is 291 g/mol. The summed E-state index contributed by atoms with van der Waals surface area (Å²) in [7, 11) is -3.20. The van der Waals surface area contributed by atoms with Gasteiger partial charge in [0, 0.05) is 12.5 Å². The Balaban J connectivity index is 2.21. The Bertz CT molecular complexity index is 750. The first-order valence-corrected chi connectivity index (χ1v) is 7.86. The third-order valence-corrected chi connectivity index (χ3v) is 3.95. The van der Waals surface area contributed by atoms with Crippen LogP contribution in [0.15, 0.2) is 52.4 Å². The molecule has 0 N–H and O–H groups in total. The Morgan fingerprint density at radius 2 is 1.75 bits per heavy atom. The highest BCUT2D eigenvalue weighted by Crippen LogP contribution is 2.16. The number of aryl methyl sites for hydroxylation is 1. The number of aliphatic imine (C=N–C) groups is 1. The Morgan fingerprint density at radius 3 is 2.30 bits per heavy atom. The van der Waals surface area contributed by atoms with Crippen LogP contribution in [-0.2, 0) is 9.84 Å². The summed E-state index contributed by atoms with van der Waals surface area (Å²) in [4.78, 5) is 4.43. The largest absolute Gasteiger partial charge is 0.256 e. The van der Waals surface area contributed by atoms with Crippen LogP contribution < -0.4 is 0 Å². The van der Waals surface area contributed by atoms with Crippen molar-refractivity contribution in [3.8, 4) is 0 Å². The molecule has 0 bridgehead atoms. The number of rotatable bonds is 3. The lowest BCUT2D eigenvalue weighted by Crippen LogP contribution is -1.95. The van der Waals surface area contributed by atoms with Crippen LogP contribution in [-0.4, -0.2) is 20.9 Å². The highest BCUT2D eigenvalue weighted by Gasteiger charge is 2.05. The molecule has 0 unspecified atom stereocenters. The van der Waals surface area contributed by atoms with Crippen molar-refractivity contribution < 1.29 is 12.8 Å². The molecule has 20 heavy (non-hydrogen) atoms. The normalized spacial score (nSPS) is 11.9. The molecule has 2 rings (SSSR count). The molecule has 0 aliphatic heterocycles. The third-order valence-electron chi connectivity index (χ3n) is 2.82. The van der Waals surface area contributed by atoms with Crippen LogP contribution in [0.3, 0.4) is 0 Å². The molecule has 0 heterocycles. The average molecular weight is 291 g/mol. The lowest BCUT2D eigenvalue weighted by atomic mass is 10.1. The molecule has 0 aliphatic rings. The lowest BCUT2D eigenvalue weighted by Gasteiger charge is -1.99. The maximum atomic E-state index is 13.4. The third kappa shape index (κ3) is 3.51. The molecule has 0 amide bonds. The number of nitrogens with zero attached hydrogens (tertiary/aromatic N) is 1. The lowest BCUT2D eigenvalue weighted by molar-refractivity contribution is 0.602. The summed E-state index contributed by atoms with van der Waals surface area (Å²) in [6.45, 7) is 1.69. The van der Waals surface area contributed by atoms with Crippen molar-refractivity contribution in [1.82, 2.24) is 0 Å². The van der Waals surface area contributed by atoms with Gasteiger partial charge in [-0.3, -0.25) is 4.99 Å². The molecule has 0 atom stereocenters. The van der Waals surface area contributed by atoms with Gasteiger partial charge in [-0.2, -0.15) is 0 Å². The van der Waals surface area contributed by atoms with Crippen LogP contribution in [0.5, 0.6) is 0 Å². The highest BCUT2D eigenvalue weighted by atomic mass is 32.2. The summed E-state index contributed by atoms with van der Waals surface area (Å²) in [5, 5.41) is 0. The minimum absolute atomic E-state index is 0.248. The van der Waals surface area contributed by atoms with E-state index >= 15 is 0 Å². The summed E-state index contributed by atoms with van der Waals surface area (Å²) in [6, 6.07) is 11.1. The zero-order valence-corrected chi connectivity index (χ0v) is 12.0. The summed E-state index contributed by atoms with van der Waals surface area (Å²) in [5.74, 6) is -0.277. The molecule has 0 radical (unpaired) electrons. The van der Waals surface area contributed by atoms with E-state index in [1.54, 1.807) is 31.2 Å². The van der Waals surface area contributed by atoms with Crippen molar-refractivity contribution in [2.45, 2.75) is 11.8 Å². The van der Waals surface area contributed by atoms with Crippen LogP contribution in [0, 0.1) is 12.7 Å². The molecule has 0 spiro atoms. The molecule has 0 aromatic heterocycles. The molecule has 2 aromatic carbocycles. The first-order chi connectivity index (χ1) is 9.36. The van der Waals surface area contributed by atoms with Crippen LogP contribution in [0.4, 0.5) is 10.1 Å². The zero-order chi connectivity index (χ0) is 14.8. The highest BCUT2D eigenvalue weighted by molar-refractivity contribution is 7.90. The minimum atomic E-state index is -3.20. The quantitative estimate of drug-likeness (QED) is 0.815. The summed E-state index contributed by atoms with van der Waals surface area (Å²) in [5.41, 5.74) is 1.85. The van der Waals surface area contributed by atoms with Gasteiger partial charge in [0.2, 0.25) is 0 Å². The predicted molar refractivity (Wildman–Crippen MR) is 77.9 cm³/mol. The van der Waals surface area contributed by atoms with E-state index in [1.165, 1.54) is 24.4 Å². The van der Waals surface area contributed by atoms with Crippen molar-refractivity contribution >= 4 is 21.7 Å². The van der Waals surface area contributed by atoms with Crippen LogP contribution in [0.2, 0.25) is 0 Å². The topological polar surface area (TPSA) is 46.5 Å². The van der Waals surface area contributed by atoms with Crippen molar-refractivity contribution in [1.29, 1.82) is 0 Å². The fraction of sp³-hybridized carbons (Fsp3) is 0.133. The summed E-state index contributed by atoms with van der Waals surface area (Å²) in [6.07, 6.45) is 2.69. The number of hydrogen-bond acceptors (Lipinski definition) is 3. The van der Waals surface area contributed by atoms with Crippen molar-refractivity contribution in [3.63, 3.8) is 0 Å². The van der Waals surface area contributed by atoms with E-state index in [0.717, 1.165) is 6.26 Å². The summed E-state index contributed by atoms with van der Waals surface area (Å²) < 4.78 is 36.0. The standard InChI is InChI=1S/C15H14FNO2S/c1-11-3-4-12(9-15(11)16)10-17-13-5-7-14(8-6-13)20(2,18)19/h3-10H,1-2H3. The second-order valence-corrected chi connectivity index (χ2v) is 6.55. The molecule has 3 nitrogen and oxygen atoms in total. The van der Waals surface area contributed by atoms with Gasteiger partial charge in [0.25, 0.3) is 0 Å². The Hall–Kier alpha value is -2.01. The fourth-order valence-electron chi connectivity index (χ4n) is 1.62. The van der Waals surface area contributed by atoms with E-state index in [1.807, 2.05) is 0 Å². The summed E-state index contributed by atoms with van der Waals surface area (Å²) >= 11 is 0. The van der Waals surface area contributed by atoms with Crippen LogP contribution in [0.1, 0.15) is 11.1 Å². The maximum Gasteiger partial charge on any atom is 0.175 e. The first-order valence-electron chi connectivity index (χ1n) is 5.96. The second kappa shape index (κ2) is 5.54. The number of sulfone groups is 1. The molecule has 2 aromatic rings. The Kier molecular flexibility index (Phi) is 3.99. The molecule has 0 saturated heterocycles. The molecule has 0 aliphatic carbocycles. The van der Waals surface area contributed by atoms with E-state index in [-0.39, 0.29) is 10.7 Å². The smallest absolute Gasteiger partial charge is 0.175 e. The van der Waals surface area contributed by atoms with Gasteiger partial charge in [-0.25, -0.2) is 12.8 Å². The average Bonchev–Trinajstić information content (AvgIpc) is 2.40. The second-order valence-electron chi connectivity index (χ2n) is 4.53. The predicted octanol–water partition coefficient (Wildman–Crippen LogP) is 3.29. The van der Waals surface area contributed by atoms with Gasteiger partial charge >= 0.3 is 0 Å². The fourth-order valence-corrected chi connectivity index (χ4v) is 2.25. The first kappa shape index (κ1) is 14.4. The van der Waals surface area contributed by atoms with Crippen LogP contribution in [0.25, 0.3) is 0 Å². The minimum Gasteiger partial charge on any atom is -0.256 e. The van der Waals surface area contributed by atoms with E-state index in [0.29, 0.717) is 16.8 Å². The molecule has 0 fully saturated rings.